The Morgan fingerprint density at radius 3 is 2.38 bits per heavy atom. The molecule has 0 aliphatic rings. The van der Waals surface area contributed by atoms with Crippen molar-refractivity contribution in [2.45, 2.75) is 32.9 Å². The number of benzene rings is 2. The Kier molecular flexibility index (Phi) is 6.49. The largest absolute Gasteiger partial charge is 0.493 e. The van der Waals surface area contributed by atoms with Crippen molar-refractivity contribution in [3.05, 3.63) is 70.0 Å². The van der Waals surface area contributed by atoms with E-state index in [4.69, 9.17) is 4.74 Å². The Balaban J connectivity index is 1.68. The normalized spacial score (nSPS) is 11.6. The van der Waals surface area contributed by atoms with Crippen molar-refractivity contribution in [1.82, 2.24) is 25.6 Å². The van der Waals surface area contributed by atoms with Crippen LogP contribution in [0.25, 0.3) is 33.8 Å². The first-order valence-electron chi connectivity index (χ1n) is 10.6. The summed E-state index contributed by atoms with van der Waals surface area (Å²) in [7, 11) is 0. The van der Waals surface area contributed by atoms with Gasteiger partial charge in [-0.2, -0.15) is 18.4 Å². The Morgan fingerprint density at radius 2 is 1.74 bits per heavy atom. The molecule has 2 N–H and O–H groups in total. The van der Waals surface area contributed by atoms with Crippen LogP contribution in [0.2, 0.25) is 0 Å². The molecule has 0 saturated carbocycles. The third-order valence-corrected chi connectivity index (χ3v) is 5.31. The van der Waals surface area contributed by atoms with Crippen LogP contribution in [0, 0.1) is 13.8 Å². The highest BCUT2D eigenvalue weighted by molar-refractivity contribution is 5.83. The maximum atomic E-state index is 13.1. The molecule has 0 amide bonds. The molecule has 0 fully saturated rings. The summed E-state index contributed by atoms with van der Waals surface area (Å²) in [6, 6.07) is 14.8. The van der Waals surface area contributed by atoms with Crippen LogP contribution in [0.3, 0.4) is 0 Å². The zero-order chi connectivity index (χ0) is 24.3. The summed E-state index contributed by atoms with van der Waals surface area (Å²) in [5, 5.41) is 13.9. The molecule has 0 atom stereocenters. The number of nitrogens with zero attached hydrogens (tertiary/aromatic N) is 3. The van der Waals surface area contributed by atoms with Crippen LogP contribution in [0.15, 0.2) is 53.3 Å². The molecule has 7 nitrogen and oxygen atoms in total. The Labute approximate surface area is 193 Å². The van der Waals surface area contributed by atoms with Crippen molar-refractivity contribution in [3.63, 3.8) is 0 Å². The fraction of sp³-hybridized carbons (Fsp3) is 0.250. The van der Waals surface area contributed by atoms with Crippen LogP contribution >= 0.6 is 0 Å². The summed E-state index contributed by atoms with van der Waals surface area (Å²) in [6.45, 7) is 3.74. The van der Waals surface area contributed by atoms with E-state index in [1.807, 2.05) is 43.3 Å². The Bertz CT molecular complexity index is 1330. The number of ether oxygens (including phenoxy) is 1. The van der Waals surface area contributed by atoms with Crippen LogP contribution in [-0.2, 0) is 0 Å². The number of H-pyrrole nitrogens is 2. The van der Waals surface area contributed by atoms with Crippen LogP contribution in [-0.4, -0.2) is 38.4 Å². The molecule has 10 heteroatoms. The summed E-state index contributed by atoms with van der Waals surface area (Å²) in [6.07, 6.45) is -5.20. The van der Waals surface area contributed by atoms with Gasteiger partial charge in [0.05, 0.1) is 12.2 Å². The molecule has 0 saturated heterocycles. The summed E-state index contributed by atoms with van der Waals surface area (Å²) in [4.78, 5) is 16.0. The lowest BCUT2D eigenvalue weighted by Gasteiger charge is -2.13. The molecule has 4 rings (SSSR count). The summed E-state index contributed by atoms with van der Waals surface area (Å²) >= 11 is 0. The molecule has 176 valence electrons. The summed E-state index contributed by atoms with van der Waals surface area (Å²) in [5.41, 5.74) is 4.50. The molecule has 2 heterocycles. The molecule has 2 aromatic heterocycles. The van der Waals surface area contributed by atoms with Gasteiger partial charge in [0, 0.05) is 17.7 Å². The van der Waals surface area contributed by atoms with Crippen molar-refractivity contribution in [1.29, 1.82) is 0 Å². The first kappa shape index (κ1) is 23.2. The Hall–Kier alpha value is -3.95. The lowest BCUT2D eigenvalue weighted by molar-refractivity contribution is -0.136. The van der Waals surface area contributed by atoms with Gasteiger partial charge in [-0.25, -0.2) is 0 Å². The quantitative estimate of drug-likeness (QED) is 0.362. The fourth-order valence-electron chi connectivity index (χ4n) is 3.60. The van der Waals surface area contributed by atoms with Crippen molar-refractivity contribution >= 4 is 0 Å². The number of halogens is 3. The number of aromatic amines is 2. The molecule has 0 bridgehead atoms. The monoisotopic (exact) mass is 469 g/mol. The van der Waals surface area contributed by atoms with Crippen molar-refractivity contribution in [3.8, 4) is 39.5 Å². The number of aromatic nitrogens is 5. The van der Waals surface area contributed by atoms with Crippen molar-refractivity contribution in [2.75, 3.05) is 6.61 Å². The molecule has 0 radical (unpaired) electrons. The smallest absolute Gasteiger partial charge is 0.389 e. The molecule has 0 aliphatic carbocycles. The number of aryl methyl sites for hydroxylation is 2. The van der Waals surface area contributed by atoms with Gasteiger partial charge in [0.1, 0.15) is 5.75 Å². The van der Waals surface area contributed by atoms with Gasteiger partial charge in [0.25, 0.3) is 5.56 Å². The van der Waals surface area contributed by atoms with E-state index in [-0.39, 0.29) is 24.4 Å². The molecule has 0 aliphatic heterocycles. The molecular weight excluding hydrogens is 447 g/mol. The maximum absolute atomic E-state index is 13.1. The lowest BCUT2D eigenvalue weighted by atomic mass is 9.97. The second-order valence-electron chi connectivity index (χ2n) is 7.95. The molecule has 0 unspecified atom stereocenters. The van der Waals surface area contributed by atoms with E-state index in [2.05, 4.69) is 25.6 Å². The second kappa shape index (κ2) is 9.50. The number of alkyl halides is 3. The van der Waals surface area contributed by atoms with Crippen molar-refractivity contribution in [2.24, 2.45) is 0 Å². The number of hydrogen-bond acceptors (Lipinski definition) is 5. The van der Waals surface area contributed by atoms with E-state index >= 15 is 0 Å². The Morgan fingerprint density at radius 1 is 1.00 bits per heavy atom. The van der Waals surface area contributed by atoms with Crippen molar-refractivity contribution < 1.29 is 17.9 Å². The van der Waals surface area contributed by atoms with Gasteiger partial charge < -0.3 is 9.72 Å². The highest BCUT2D eigenvalue weighted by atomic mass is 19.4. The van der Waals surface area contributed by atoms with Crippen LogP contribution < -0.4 is 10.3 Å². The molecule has 4 aromatic rings. The minimum absolute atomic E-state index is 0.0342. The number of nitrogens with one attached hydrogen (secondary N) is 2. The molecule has 0 spiro atoms. The highest BCUT2D eigenvalue weighted by Gasteiger charge is 2.26. The third kappa shape index (κ3) is 5.33. The number of pyridine rings is 1. The minimum Gasteiger partial charge on any atom is -0.493 e. The maximum Gasteiger partial charge on any atom is 0.389 e. The van der Waals surface area contributed by atoms with Gasteiger partial charge in [-0.3, -0.25) is 4.79 Å². The first-order chi connectivity index (χ1) is 16.2. The molecular formula is C24H22F3N5O2. The van der Waals surface area contributed by atoms with E-state index in [1.54, 1.807) is 19.1 Å². The minimum atomic E-state index is -4.20. The third-order valence-electron chi connectivity index (χ3n) is 5.31. The van der Waals surface area contributed by atoms with E-state index < -0.39 is 12.6 Å². The standard InChI is InChI=1S/C24H22F3N5O2/c1-14-4-6-16(7-5-14)18-13-19(28-23(33)21(18)22-29-31-32-30-22)17-8-9-20(15(2)12-17)34-11-3-10-24(25,26)27/h4-9,12-13H,3,10-11H2,1-2H3,(H,28,33)(H,29,30,31,32). The fourth-order valence-corrected chi connectivity index (χ4v) is 3.60. The van der Waals surface area contributed by atoms with Crippen LogP contribution in [0.4, 0.5) is 13.2 Å². The summed E-state index contributed by atoms with van der Waals surface area (Å²) < 4.78 is 42.5. The summed E-state index contributed by atoms with van der Waals surface area (Å²) in [5.74, 6) is 0.678. The SMILES string of the molecule is Cc1ccc(-c2cc(-c3ccc(OCCCC(F)(F)F)c(C)c3)[nH]c(=O)c2-c2nn[nH]n2)cc1. The zero-order valence-corrected chi connectivity index (χ0v) is 18.5. The van der Waals surface area contributed by atoms with E-state index in [9.17, 15) is 18.0 Å². The molecule has 2 aromatic carbocycles. The second-order valence-corrected chi connectivity index (χ2v) is 7.95. The van der Waals surface area contributed by atoms with Gasteiger partial charge in [0.2, 0.25) is 5.82 Å². The zero-order valence-electron chi connectivity index (χ0n) is 18.5. The van der Waals surface area contributed by atoms with Crippen LogP contribution in [0.5, 0.6) is 5.75 Å². The predicted octanol–water partition coefficient (Wildman–Crippen LogP) is 5.23. The number of rotatable bonds is 7. The average Bonchev–Trinajstić information content (AvgIpc) is 3.31. The average molecular weight is 469 g/mol. The van der Waals surface area contributed by atoms with E-state index in [0.29, 0.717) is 22.6 Å². The van der Waals surface area contributed by atoms with E-state index in [1.165, 1.54) is 0 Å². The first-order valence-corrected chi connectivity index (χ1v) is 10.6. The topological polar surface area (TPSA) is 96.5 Å². The van der Waals surface area contributed by atoms with Gasteiger partial charge in [-0.15, -0.1) is 10.2 Å². The predicted molar refractivity (Wildman–Crippen MR) is 121 cm³/mol. The van der Waals surface area contributed by atoms with Crippen LogP contribution in [0.1, 0.15) is 24.0 Å². The van der Waals surface area contributed by atoms with Gasteiger partial charge >= 0.3 is 6.18 Å². The lowest BCUT2D eigenvalue weighted by Crippen LogP contribution is -2.13. The van der Waals surface area contributed by atoms with Gasteiger partial charge in [-0.05, 0) is 66.4 Å². The number of tetrazole rings is 1. The van der Waals surface area contributed by atoms with E-state index in [0.717, 1.165) is 22.3 Å². The van der Waals surface area contributed by atoms with Gasteiger partial charge in [0.15, 0.2) is 0 Å². The molecule has 34 heavy (non-hydrogen) atoms. The highest BCUT2D eigenvalue weighted by Crippen LogP contribution is 2.32. The van der Waals surface area contributed by atoms with Gasteiger partial charge in [-0.1, -0.05) is 29.8 Å². The number of hydrogen-bond donors (Lipinski definition) is 2.